The maximum absolute atomic E-state index is 12.5. The Morgan fingerprint density at radius 1 is 0.378 bits per heavy atom. The van der Waals surface area contributed by atoms with Crippen LogP contribution in [0, 0.1) is 0 Å². The molecule has 51 heteroatoms. The number of hydrogen-bond donors (Lipinski definition) is 6. The van der Waals surface area contributed by atoms with Crippen LogP contribution in [-0.4, -0.2) is 149 Å². The molecule has 0 spiro atoms. The van der Waals surface area contributed by atoms with E-state index < -0.39 is 49.7 Å². The number of carbonyl (C=O) groups excluding carboxylic acids is 1. The van der Waals surface area contributed by atoms with Crippen LogP contribution < -0.4 is 52.0 Å². The Morgan fingerprint density at radius 3 is 0.986 bits per heavy atom. The van der Waals surface area contributed by atoms with Crippen molar-refractivity contribution in [1.82, 2.24) is 45.4 Å². The van der Waals surface area contributed by atoms with Gasteiger partial charge in [0, 0.05) is 44.9 Å². The van der Waals surface area contributed by atoms with Crippen molar-refractivity contribution < 1.29 is 162 Å². The first-order chi connectivity index (χ1) is 67.6. The maximum Gasteiger partial charge on any atom is 0.573 e. The molecule has 143 heavy (non-hydrogen) atoms. The highest BCUT2D eigenvalue weighted by molar-refractivity contribution is 9.10. The lowest BCUT2D eigenvalue weighted by molar-refractivity contribution is -0.275. The molecule has 3 aromatic heterocycles. The molecule has 1 radical (unpaired) electrons. The number of rotatable bonds is 27. The number of aromatic hydroxyl groups is 2. The number of benzene rings is 12. The summed E-state index contributed by atoms with van der Waals surface area (Å²) in [5, 5.41) is 71.0. The lowest BCUT2D eigenvalue weighted by atomic mass is 10.1. The SMILES string of the molecule is CCOC(=O)c1nnn(Cc2ccc(OC)cc2)c1Oc1ccc(-c2ccc(OC(F)(F)F)cc2)c(Cl)c1.COc1ccc(Cn2nnc(C(=O)O)c2Oc2ccc(-c3ccc(OC(F)(F)F)cc3)c(Cl)c2)cc1.O=C(O)c1[nH]nnc1Oc1ccc(-c2ccc(OC(F)(F)F)cc2)c(Cl)c1.O[B]Oc1ccc(OC(F)(F)F)cc1.Oc1ccc(-c2ccc(OC(F)(F)F)cc2)c(Cl)c1.Oc1ccc(Br)c(Cl)c1. The molecule has 747 valence electrons. The van der Waals surface area contributed by atoms with E-state index in [-0.39, 0.29) is 133 Å². The number of halogens is 21. The lowest BCUT2D eigenvalue weighted by Gasteiger charge is -2.12. The van der Waals surface area contributed by atoms with Crippen LogP contribution in [0.3, 0.4) is 0 Å². The van der Waals surface area contributed by atoms with Gasteiger partial charge in [0.05, 0.1) is 59.0 Å². The third-order valence-corrected chi connectivity index (χ3v) is 20.4. The second-order valence-electron chi connectivity index (χ2n) is 27.8. The number of nitrogens with zero attached hydrogens (tertiary/aromatic N) is 8. The second kappa shape index (κ2) is 49.8. The van der Waals surface area contributed by atoms with Crippen LogP contribution in [0.2, 0.25) is 25.1 Å². The molecule has 0 fully saturated rings. The topological polar surface area (TPSA) is 366 Å². The molecule has 0 aliphatic carbocycles. The fourth-order valence-electron chi connectivity index (χ4n) is 11.8. The molecular formula is C92H64BBrCl5F15N9O20. The summed E-state index contributed by atoms with van der Waals surface area (Å²) < 4.78 is 242. The number of phenols is 2. The van der Waals surface area contributed by atoms with Crippen LogP contribution in [0.15, 0.2) is 265 Å². The van der Waals surface area contributed by atoms with E-state index in [0.29, 0.717) is 73.7 Å². The first-order valence-electron chi connectivity index (χ1n) is 39.7. The molecule has 15 rings (SSSR count). The summed E-state index contributed by atoms with van der Waals surface area (Å²) in [6, 6.07) is 62.9. The number of nitrogens with one attached hydrogen (secondary N) is 1. The van der Waals surface area contributed by atoms with Crippen molar-refractivity contribution in [3.05, 3.63) is 319 Å². The number of aromatic amines is 1. The Balaban J connectivity index is 0.000000185. The van der Waals surface area contributed by atoms with E-state index in [4.69, 9.17) is 102 Å². The number of alkyl halides is 15. The van der Waals surface area contributed by atoms with Crippen LogP contribution in [0.4, 0.5) is 65.9 Å². The summed E-state index contributed by atoms with van der Waals surface area (Å²) in [5.41, 5.74) is 5.32. The average Bonchev–Trinajstić information content (AvgIpc) is 1.74. The molecule has 0 saturated carbocycles. The molecule has 0 unspecified atom stereocenters. The Morgan fingerprint density at radius 2 is 0.678 bits per heavy atom. The summed E-state index contributed by atoms with van der Waals surface area (Å²) in [6.07, 6.45) is -23.8. The van der Waals surface area contributed by atoms with Gasteiger partial charge in [-0.1, -0.05) is 152 Å². The standard InChI is InChI=1S/C26H21ClF3N3O5.C24H17ClF3N3O5.C16H9ClF3N3O4.C13H8ClF3O2.C7H5BF3O3.C6H4BrClO/c1-3-36-25(34)23-24(33(32-31-23)15-16-4-8-18(35-2)9-5-16)37-20-12-13-21(22(27)14-20)17-6-10-19(11-7-17)38-26(28,29)30;1-34-16-6-2-14(3-7-16)13-31-22(21(23(32)33)29-30-31)35-18-10-11-19(20(25)12-18)15-4-8-17(9-5-15)36-24(26,27)28;17-12-7-10(26-14-13(15(24)25)21-23-22-14)5-6-11(12)8-1-3-9(4-2-8)27-16(18,19)20;14-12-7-9(18)3-6-11(12)8-1-4-10(5-2-8)19-13(15,16)17;9-7(10,11)13-5-1-3-6(4-2-5)14-8-12;7-5-2-1-4(9)3-6(5)8/h4-14H,3,15H2,1-2H3;2-12H,13H2,1H3,(H,32,33);1-7H,(H,24,25)(H,21,22,23);1-7,18H;1-4,12H;1-3,9H. The van der Waals surface area contributed by atoms with Crippen LogP contribution in [-0.2, 0) is 17.8 Å². The molecule has 6 N–H and O–H groups in total. The number of ether oxygens (including phenoxy) is 11. The largest absolute Gasteiger partial charge is 0.573 e. The minimum absolute atomic E-state index is 0.0192. The van der Waals surface area contributed by atoms with Crippen LogP contribution in [0.5, 0.6) is 92.4 Å². The fourth-order valence-corrected chi connectivity index (χ4v) is 13.3. The predicted octanol–water partition coefficient (Wildman–Crippen LogP) is 26.0. The number of esters is 1. The zero-order valence-corrected chi connectivity index (χ0v) is 77.8. The fraction of sp³-hybridized carbons (Fsp3) is 0.120. The molecule has 3 heterocycles. The summed E-state index contributed by atoms with van der Waals surface area (Å²) in [6.45, 7) is 2.22. The van der Waals surface area contributed by atoms with Crippen molar-refractivity contribution in [3.63, 3.8) is 0 Å². The van der Waals surface area contributed by atoms with E-state index in [1.165, 1.54) is 155 Å². The normalized spacial score (nSPS) is 11.1. The van der Waals surface area contributed by atoms with E-state index in [1.54, 1.807) is 100 Å². The Kier molecular flexibility index (Phi) is 38.2. The maximum atomic E-state index is 12.5. The molecule has 0 atom stereocenters. The van der Waals surface area contributed by atoms with Crippen molar-refractivity contribution in [2.75, 3.05) is 20.8 Å². The van der Waals surface area contributed by atoms with Gasteiger partial charge in [-0.05, 0) is 226 Å². The number of carboxylic acids is 2. The monoisotopic (exact) mass is 2160 g/mol. The van der Waals surface area contributed by atoms with E-state index in [0.717, 1.165) is 39.9 Å². The molecule has 29 nitrogen and oxygen atoms in total. The highest BCUT2D eigenvalue weighted by Crippen LogP contribution is 2.42. The number of aromatic nitrogens is 9. The molecule has 0 saturated heterocycles. The van der Waals surface area contributed by atoms with Gasteiger partial charge in [-0.2, -0.15) is 0 Å². The zero-order chi connectivity index (χ0) is 104. The number of carbonyl (C=O) groups is 3. The number of aromatic carboxylic acids is 2. The third-order valence-electron chi connectivity index (χ3n) is 17.9. The second-order valence-corrected chi connectivity index (χ2v) is 30.7. The Bertz CT molecular complexity index is 6790. The highest BCUT2D eigenvalue weighted by atomic mass is 79.9. The number of phenolic OH excluding ortho intramolecular Hbond substituents is 2. The molecule has 0 aliphatic rings. The minimum Gasteiger partial charge on any atom is -0.537 e. The summed E-state index contributed by atoms with van der Waals surface area (Å²) in [7, 11) is 3.54. The summed E-state index contributed by atoms with van der Waals surface area (Å²) in [5.74, 6) is -2.85. The number of hydrogen-bond acceptors (Lipinski definition) is 24. The third kappa shape index (κ3) is 34.6. The van der Waals surface area contributed by atoms with Gasteiger partial charge in [-0.25, -0.2) is 28.8 Å². The smallest absolute Gasteiger partial charge is 0.537 e. The van der Waals surface area contributed by atoms with Gasteiger partial charge in [0.25, 0.3) is 17.6 Å². The predicted molar refractivity (Wildman–Crippen MR) is 489 cm³/mol. The van der Waals surface area contributed by atoms with E-state index in [9.17, 15) is 90.5 Å². The first kappa shape index (κ1) is 110. The molecule has 12 aromatic carbocycles. The average molecular weight is 2170 g/mol. The molecular weight excluding hydrogens is 2100 g/mol. The van der Waals surface area contributed by atoms with Gasteiger partial charge in [0.1, 0.15) is 74.7 Å². The Labute approximate surface area is 830 Å². The number of carboxylic acid groups (broad SMARTS) is 2. The van der Waals surface area contributed by atoms with Gasteiger partial charge in [0.15, 0.2) is 0 Å². The zero-order valence-electron chi connectivity index (χ0n) is 72.4. The number of H-pyrrole nitrogens is 1. The highest BCUT2D eigenvalue weighted by Gasteiger charge is 2.36. The molecule has 0 bridgehead atoms. The Hall–Kier alpha value is -15.2. The van der Waals surface area contributed by atoms with E-state index >= 15 is 0 Å². The van der Waals surface area contributed by atoms with E-state index in [2.05, 4.69) is 80.3 Å². The summed E-state index contributed by atoms with van der Waals surface area (Å²) >= 11 is 33.8. The minimum atomic E-state index is -4.79. The molecule has 0 amide bonds. The van der Waals surface area contributed by atoms with Crippen LogP contribution in [0.25, 0.3) is 44.5 Å². The van der Waals surface area contributed by atoms with Crippen molar-refractivity contribution >= 4 is 99.5 Å². The van der Waals surface area contributed by atoms with Crippen molar-refractivity contribution in [3.8, 4) is 137 Å². The van der Waals surface area contributed by atoms with Gasteiger partial charge in [0.2, 0.25) is 17.1 Å². The van der Waals surface area contributed by atoms with Gasteiger partial charge < -0.3 is 82.2 Å². The van der Waals surface area contributed by atoms with Gasteiger partial charge in [-0.15, -0.1) is 76.1 Å². The quantitative estimate of drug-likeness (QED) is 0.0158. The molecule has 15 aromatic rings. The van der Waals surface area contributed by atoms with Crippen molar-refractivity contribution in [2.45, 2.75) is 51.8 Å². The van der Waals surface area contributed by atoms with Gasteiger partial charge >= 0.3 is 57.4 Å². The number of methoxy groups -OCH3 is 2. The first-order valence-corrected chi connectivity index (χ1v) is 42.4. The lowest BCUT2D eigenvalue weighted by Crippen LogP contribution is -2.17. The van der Waals surface area contributed by atoms with E-state index in [1.807, 2.05) is 12.1 Å². The van der Waals surface area contributed by atoms with Crippen molar-refractivity contribution in [2.24, 2.45) is 0 Å². The summed E-state index contributed by atoms with van der Waals surface area (Å²) in [4.78, 5) is 35.1. The van der Waals surface area contributed by atoms with Gasteiger partial charge in [-0.3, -0.25) is 0 Å². The van der Waals surface area contributed by atoms with Crippen molar-refractivity contribution in [1.29, 1.82) is 0 Å². The van der Waals surface area contributed by atoms with Crippen LogP contribution in [0.1, 0.15) is 49.5 Å². The van der Waals surface area contributed by atoms with Crippen LogP contribution >= 0.6 is 73.9 Å². The molecule has 0 aliphatic heterocycles.